The molecule has 2 N–H and O–H groups in total. The van der Waals surface area contributed by atoms with Crippen molar-refractivity contribution in [1.82, 2.24) is 14.9 Å². The number of anilines is 1. The van der Waals surface area contributed by atoms with E-state index in [1.54, 1.807) is 30.6 Å². The van der Waals surface area contributed by atoms with Gasteiger partial charge in [0.25, 0.3) is 0 Å². The molecule has 1 aromatic heterocycles. The van der Waals surface area contributed by atoms with Gasteiger partial charge in [0.1, 0.15) is 18.2 Å². The van der Waals surface area contributed by atoms with Gasteiger partial charge in [-0.2, -0.15) is 0 Å². The molecule has 1 atom stereocenters. The molecule has 0 bridgehead atoms. The lowest BCUT2D eigenvalue weighted by Crippen LogP contribution is -2.27. The van der Waals surface area contributed by atoms with Crippen LogP contribution in [0.25, 0.3) is 11.3 Å². The van der Waals surface area contributed by atoms with Crippen molar-refractivity contribution in [3.05, 3.63) is 60.4 Å². The molecule has 2 aromatic carbocycles. The third-order valence-corrected chi connectivity index (χ3v) is 5.43. The zero-order valence-corrected chi connectivity index (χ0v) is 19.2. The highest BCUT2D eigenvalue weighted by atomic mass is 16.5. The first-order valence-electron chi connectivity index (χ1n) is 10.9. The molecule has 0 aliphatic rings. The summed E-state index contributed by atoms with van der Waals surface area (Å²) in [6.07, 6.45) is 3.38. The summed E-state index contributed by atoms with van der Waals surface area (Å²) in [5.41, 5.74) is 2.63. The van der Waals surface area contributed by atoms with E-state index in [2.05, 4.69) is 53.1 Å². The number of hydrogen-bond donors (Lipinski definition) is 2. The predicted octanol–water partition coefficient (Wildman–Crippen LogP) is 4.75. The summed E-state index contributed by atoms with van der Waals surface area (Å²) in [6, 6.07) is 13.3. The fourth-order valence-electron chi connectivity index (χ4n) is 3.40. The second-order valence-corrected chi connectivity index (χ2v) is 7.49. The van der Waals surface area contributed by atoms with E-state index >= 15 is 0 Å². The monoisotopic (exact) mass is 436 g/mol. The quantitative estimate of drug-likeness (QED) is 0.449. The average molecular weight is 437 g/mol. The molecular formula is C25H32N4O3. The highest BCUT2D eigenvalue weighted by Crippen LogP contribution is 2.31. The van der Waals surface area contributed by atoms with E-state index in [1.165, 1.54) is 7.11 Å². The number of likely N-dealkylation sites (N-methyl/N-ethyl adjacent to an activating group) is 1. The summed E-state index contributed by atoms with van der Waals surface area (Å²) in [5, 5.41) is 13.2. The zero-order valence-electron chi connectivity index (χ0n) is 19.2. The Balaban J connectivity index is 1.62. The first kappa shape index (κ1) is 23.3. The van der Waals surface area contributed by atoms with Gasteiger partial charge in [-0.3, -0.25) is 4.98 Å². The largest absolute Gasteiger partial charge is 0.504 e. The molecule has 0 amide bonds. The van der Waals surface area contributed by atoms with Crippen LogP contribution in [-0.2, 0) is 0 Å². The highest BCUT2D eigenvalue weighted by molar-refractivity contribution is 5.64. The molecule has 0 fully saturated rings. The summed E-state index contributed by atoms with van der Waals surface area (Å²) in [4.78, 5) is 11.3. The Bertz CT molecular complexity index is 991. The lowest BCUT2D eigenvalue weighted by molar-refractivity contribution is 0.223. The number of aromatic hydroxyl groups is 1. The van der Waals surface area contributed by atoms with E-state index in [9.17, 15) is 5.11 Å². The van der Waals surface area contributed by atoms with Gasteiger partial charge in [-0.1, -0.05) is 26.0 Å². The Morgan fingerprint density at radius 2 is 1.81 bits per heavy atom. The van der Waals surface area contributed by atoms with Crippen LogP contribution in [0.5, 0.6) is 17.2 Å². The van der Waals surface area contributed by atoms with Crippen LogP contribution >= 0.6 is 0 Å². The Morgan fingerprint density at radius 3 is 2.50 bits per heavy atom. The first-order chi connectivity index (χ1) is 15.5. The summed E-state index contributed by atoms with van der Waals surface area (Å²) in [7, 11) is 1.52. The summed E-state index contributed by atoms with van der Waals surface area (Å²) < 4.78 is 11.1. The maximum absolute atomic E-state index is 9.81. The van der Waals surface area contributed by atoms with Crippen molar-refractivity contribution in [2.45, 2.75) is 26.8 Å². The minimum Gasteiger partial charge on any atom is -0.504 e. The van der Waals surface area contributed by atoms with E-state index in [0.717, 1.165) is 36.5 Å². The van der Waals surface area contributed by atoms with E-state index in [-0.39, 0.29) is 11.8 Å². The lowest BCUT2D eigenvalue weighted by Gasteiger charge is -2.18. The third kappa shape index (κ3) is 6.11. The van der Waals surface area contributed by atoms with Crippen LogP contribution in [0.4, 0.5) is 5.82 Å². The Kier molecular flexibility index (Phi) is 8.27. The molecule has 0 unspecified atom stereocenters. The fourth-order valence-corrected chi connectivity index (χ4v) is 3.40. The molecule has 3 aromatic rings. The van der Waals surface area contributed by atoms with Crippen molar-refractivity contribution in [1.29, 1.82) is 0 Å². The molecule has 0 radical (unpaired) electrons. The van der Waals surface area contributed by atoms with Crippen LogP contribution < -0.4 is 14.8 Å². The first-order valence-corrected chi connectivity index (χ1v) is 10.9. The minimum atomic E-state index is 0.0404. The van der Waals surface area contributed by atoms with Crippen molar-refractivity contribution in [2.75, 3.05) is 38.7 Å². The van der Waals surface area contributed by atoms with Crippen molar-refractivity contribution in [2.24, 2.45) is 0 Å². The molecule has 7 nitrogen and oxygen atoms in total. The molecule has 0 spiro atoms. The Morgan fingerprint density at radius 1 is 1.06 bits per heavy atom. The van der Waals surface area contributed by atoms with Gasteiger partial charge in [0, 0.05) is 18.2 Å². The van der Waals surface area contributed by atoms with E-state index in [0.29, 0.717) is 23.9 Å². The second kappa shape index (κ2) is 11.3. The van der Waals surface area contributed by atoms with Crippen molar-refractivity contribution in [3.63, 3.8) is 0 Å². The van der Waals surface area contributed by atoms with Crippen molar-refractivity contribution in [3.8, 4) is 28.5 Å². The summed E-state index contributed by atoms with van der Waals surface area (Å²) in [6.45, 7) is 10.1. The van der Waals surface area contributed by atoms with Crippen molar-refractivity contribution >= 4 is 5.82 Å². The van der Waals surface area contributed by atoms with Gasteiger partial charge >= 0.3 is 0 Å². The molecule has 0 saturated carbocycles. The number of rotatable bonds is 11. The maximum Gasteiger partial charge on any atom is 0.161 e. The molecule has 3 rings (SSSR count). The molecule has 7 heteroatoms. The summed E-state index contributed by atoms with van der Waals surface area (Å²) >= 11 is 0. The van der Waals surface area contributed by atoms with Crippen LogP contribution in [0, 0.1) is 0 Å². The molecular weight excluding hydrogens is 404 g/mol. The number of nitrogens with one attached hydrogen (secondary N) is 1. The Labute approximate surface area is 190 Å². The maximum atomic E-state index is 9.81. The van der Waals surface area contributed by atoms with Gasteiger partial charge in [-0.05, 0) is 55.9 Å². The molecule has 0 saturated heterocycles. The summed E-state index contributed by atoms with van der Waals surface area (Å²) in [5.74, 6) is 2.03. The number of nitrogens with zero attached hydrogens (tertiary/aromatic N) is 3. The highest BCUT2D eigenvalue weighted by Gasteiger charge is 2.10. The standard InChI is InChI=1S/C25H32N4O3/c1-5-29(6-2)13-14-32-21-10-7-19(8-11-21)18(3)27-25-17-26-16-22(28-25)20-9-12-23(30)24(15-20)31-4/h7-12,15-18,30H,5-6,13-14H2,1-4H3,(H,27,28)/t18-/m1/s1. The van der Waals surface area contributed by atoms with Gasteiger partial charge in [0.2, 0.25) is 0 Å². The molecule has 0 aliphatic carbocycles. The number of benzene rings is 2. The number of phenols is 1. The average Bonchev–Trinajstić information content (AvgIpc) is 2.82. The smallest absolute Gasteiger partial charge is 0.161 e. The van der Waals surface area contributed by atoms with Gasteiger partial charge in [0.05, 0.1) is 25.2 Å². The van der Waals surface area contributed by atoms with E-state index < -0.39 is 0 Å². The molecule has 32 heavy (non-hydrogen) atoms. The van der Waals surface area contributed by atoms with Crippen LogP contribution in [0.2, 0.25) is 0 Å². The minimum absolute atomic E-state index is 0.0404. The predicted molar refractivity (Wildman–Crippen MR) is 127 cm³/mol. The van der Waals surface area contributed by atoms with Crippen molar-refractivity contribution < 1.29 is 14.6 Å². The molecule has 170 valence electrons. The number of ether oxygens (including phenoxy) is 2. The van der Waals surface area contributed by atoms with Gasteiger partial charge in [0.15, 0.2) is 11.5 Å². The molecule has 1 heterocycles. The van der Waals surface area contributed by atoms with E-state index in [4.69, 9.17) is 9.47 Å². The SMILES string of the molecule is CCN(CC)CCOc1ccc([C@@H](C)Nc2cncc(-c3ccc(O)c(OC)c3)n2)cc1. The number of methoxy groups -OCH3 is 1. The van der Waals surface area contributed by atoms with Crippen LogP contribution in [0.3, 0.4) is 0 Å². The van der Waals surface area contributed by atoms with Gasteiger partial charge < -0.3 is 24.8 Å². The van der Waals surface area contributed by atoms with Crippen LogP contribution in [-0.4, -0.2) is 53.3 Å². The number of phenolic OH excluding ortho intramolecular Hbond substituents is 1. The fraction of sp³-hybridized carbons (Fsp3) is 0.360. The lowest BCUT2D eigenvalue weighted by atomic mass is 10.1. The third-order valence-electron chi connectivity index (χ3n) is 5.43. The zero-order chi connectivity index (χ0) is 22.9. The topological polar surface area (TPSA) is 79.7 Å². The van der Waals surface area contributed by atoms with Crippen LogP contribution in [0.15, 0.2) is 54.9 Å². The van der Waals surface area contributed by atoms with Gasteiger partial charge in [-0.25, -0.2) is 4.98 Å². The normalized spacial score (nSPS) is 11.9. The van der Waals surface area contributed by atoms with Gasteiger partial charge in [-0.15, -0.1) is 0 Å². The molecule has 0 aliphatic heterocycles. The number of hydrogen-bond acceptors (Lipinski definition) is 7. The van der Waals surface area contributed by atoms with Crippen LogP contribution in [0.1, 0.15) is 32.4 Å². The number of aromatic nitrogens is 2. The Hall–Kier alpha value is -3.32. The second-order valence-electron chi connectivity index (χ2n) is 7.49. The van der Waals surface area contributed by atoms with E-state index in [1.807, 2.05) is 12.1 Å².